The van der Waals surface area contributed by atoms with Gasteiger partial charge in [-0.2, -0.15) is 0 Å². The van der Waals surface area contributed by atoms with Crippen LogP contribution in [0.25, 0.3) is 0 Å². The van der Waals surface area contributed by atoms with Crippen LogP contribution in [0.4, 0.5) is 0 Å². The van der Waals surface area contributed by atoms with Crippen molar-refractivity contribution in [1.29, 1.82) is 0 Å². The van der Waals surface area contributed by atoms with E-state index < -0.39 is 120 Å². The van der Waals surface area contributed by atoms with E-state index in [1.807, 2.05) is 13.8 Å². The first-order valence-electron chi connectivity index (χ1n) is 19.9. The Labute approximate surface area is 353 Å². The van der Waals surface area contributed by atoms with Crippen LogP contribution in [0.3, 0.4) is 0 Å². The molecule has 0 aliphatic rings. The van der Waals surface area contributed by atoms with E-state index in [-0.39, 0.29) is 23.7 Å². The minimum Gasteiger partial charge on any atom is -0.478 e. The van der Waals surface area contributed by atoms with Crippen LogP contribution in [0.2, 0.25) is 0 Å². The van der Waals surface area contributed by atoms with E-state index >= 15 is 0 Å². The van der Waals surface area contributed by atoms with Crippen molar-refractivity contribution in [3.05, 3.63) is 0 Å². The van der Waals surface area contributed by atoms with E-state index in [2.05, 4.69) is 0 Å². The largest absolute Gasteiger partial charge is 0.478 e. The molecule has 0 fully saturated rings. The summed E-state index contributed by atoms with van der Waals surface area (Å²) in [5.41, 5.74) is 21.4. The minimum absolute atomic E-state index is 0.251. The highest BCUT2D eigenvalue weighted by atomic mass is 16.6. The summed E-state index contributed by atoms with van der Waals surface area (Å²) >= 11 is 0. The van der Waals surface area contributed by atoms with Crippen LogP contribution in [0, 0.1) is 23.7 Å². The second-order valence-electron chi connectivity index (χ2n) is 17.3. The van der Waals surface area contributed by atoms with Gasteiger partial charge in [0.25, 0.3) is 0 Å². The normalized spacial score (nSPS) is 16.7. The average molecular weight is 865 g/mol. The topological polar surface area (TPSA) is 336 Å². The number of hydrogen-bond donors (Lipinski definition) is 6. The number of carboxylic acid groups (broad SMARTS) is 2. The van der Waals surface area contributed by atoms with Crippen molar-refractivity contribution < 1.29 is 77.0 Å². The number of ether oxygens (including phenoxy) is 6. The van der Waals surface area contributed by atoms with Gasteiger partial charge >= 0.3 is 47.8 Å². The molecule has 0 amide bonds. The molecule has 0 saturated heterocycles. The van der Waals surface area contributed by atoms with Crippen LogP contribution >= 0.6 is 0 Å². The number of nitrogens with two attached hydrogens (primary N) is 4. The van der Waals surface area contributed by atoms with Crippen molar-refractivity contribution in [3.8, 4) is 0 Å². The highest BCUT2D eigenvalue weighted by Gasteiger charge is 2.42. The van der Waals surface area contributed by atoms with Gasteiger partial charge in [-0.1, -0.05) is 68.2 Å². The predicted molar refractivity (Wildman–Crippen MR) is 216 cm³/mol. The summed E-state index contributed by atoms with van der Waals surface area (Å²) in [7, 11) is 0. The van der Waals surface area contributed by atoms with Crippen LogP contribution < -0.4 is 22.9 Å². The van der Waals surface area contributed by atoms with Gasteiger partial charge in [0.1, 0.15) is 35.4 Å². The molecule has 10 atom stereocenters. The predicted octanol–water partition coefficient (Wildman–Crippen LogP) is 1.97. The highest BCUT2D eigenvalue weighted by molar-refractivity contribution is 5.85. The third-order valence-corrected chi connectivity index (χ3v) is 8.80. The van der Waals surface area contributed by atoms with Gasteiger partial charge in [0.2, 0.25) is 12.2 Å². The first-order valence-corrected chi connectivity index (χ1v) is 19.9. The summed E-state index contributed by atoms with van der Waals surface area (Å²) < 4.78 is 30.8. The number of esters is 6. The maximum atomic E-state index is 12.5. The molecule has 20 nitrogen and oxygen atoms in total. The summed E-state index contributed by atoms with van der Waals surface area (Å²) in [4.78, 5) is 97.3. The molecular formula is C40H72N4O16. The molecular weight excluding hydrogens is 792 g/mol. The summed E-state index contributed by atoms with van der Waals surface area (Å²) in [5, 5.41) is 19.2. The number of carbonyl (C=O) groups is 8. The van der Waals surface area contributed by atoms with E-state index in [9.17, 15) is 48.6 Å². The Bertz CT molecular complexity index is 1440. The van der Waals surface area contributed by atoms with Crippen molar-refractivity contribution in [3.63, 3.8) is 0 Å². The molecule has 60 heavy (non-hydrogen) atoms. The molecule has 0 bridgehead atoms. The number of carbonyl (C=O) groups excluding carboxylic acids is 6. The standard InChI is InChI=1S/C21H38N2O8.C19H34N2O8/c1-8-11(3)15(22)19(27)29-13(10-14(24)31-21(5,6)7)17(18(25)26)30-20(28)16(23)12(4)9-2;1-9(2)13(20)17(25)27-11(8-12(22)29-19(5,6)7)15(16(23)24)28-18(26)14(21)10(3)4/h11-13,15-17H,8-10,22-23H2,1-7H3,(H,25,26);9-11,13-15H,8,20-21H2,1-7H3,(H,23,24). The summed E-state index contributed by atoms with van der Waals surface area (Å²) in [5.74, 6) is -9.80. The van der Waals surface area contributed by atoms with E-state index in [1.54, 1.807) is 83.1 Å². The van der Waals surface area contributed by atoms with E-state index in [0.717, 1.165) is 0 Å². The molecule has 0 radical (unpaired) electrons. The maximum Gasteiger partial charge on any atom is 0.349 e. The Kier molecular flexibility index (Phi) is 25.0. The van der Waals surface area contributed by atoms with Crippen molar-refractivity contribution in [2.45, 2.75) is 182 Å². The van der Waals surface area contributed by atoms with Gasteiger partial charge < -0.3 is 61.6 Å². The Balaban J connectivity index is 0. The Morgan fingerprint density at radius 3 is 0.950 bits per heavy atom. The van der Waals surface area contributed by atoms with Gasteiger partial charge in [-0.25, -0.2) is 9.59 Å². The second-order valence-corrected chi connectivity index (χ2v) is 17.3. The molecule has 10 N–H and O–H groups in total. The average Bonchev–Trinajstić information content (AvgIpc) is 3.11. The van der Waals surface area contributed by atoms with E-state index in [4.69, 9.17) is 51.4 Å². The summed E-state index contributed by atoms with van der Waals surface area (Å²) in [6.45, 7) is 23.5. The lowest BCUT2D eigenvalue weighted by Gasteiger charge is -2.28. The summed E-state index contributed by atoms with van der Waals surface area (Å²) in [6, 6.07) is -4.27. The molecule has 0 aliphatic carbocycles. The lowest BCUT2D eigenvalue weighted by Crippen LogP contribution is -2.49. The fraction of sp³-hybridized carbons (Fsp3) is 0.800. The third-order valence-electron chi connectivity index (χ3n) is 8.80. The van der Waals surface area contributed by atoms with Crippen molar-refractivity contribution in [2.24, 2.45) is 46.6 Å². The molecule has 0 heterocycles. The second kappa shape index (κ2) is 26.0. The highest BCUT2D eigenvalue weighted by Crippen LogP contribution is 2.20. The molecule has 20 heteroatoms. The van der Waals surface area contributed by atoms with E-state index in [0.29, 0.717) is 12.8 Å². The minimum atomic E-state index is -1.96. The molecule has 0 aromatic heterocycles. The third kappa shape index (κ3) is 22.3. The monoisotopic (exact) mass is 864 g/mol. The number of carboxylic acids is 2. The van der Waals surface area contributed by atoms with Crippen LogP contribution in [-0.4, -0.2) is 118 Å². The van der Waals surface area contributed by atoms with Crippen molar-refractivity contribution in [1.82, 2.24) is 0 Å². The quantitative estimate of drug-likeness (QED) is 0.0669. The van der Waals surface area contributed by atoms with E-state index in [1.165, 1.54) is 0 Å². The van der Waals surface area contributed by atoms with Gasteiger partial charge in [-0.05, 0) is 65.2 Å². The van der Waals surface area contributed by atoms with Gasteiger partial charge in [-0.15, -0.1) is 0 Å². The van der Waals surface area contributed by atoms with Gasteiger partial charge in [0.15, 0.2) is 12.2 Å². The zero-order valence-corrected chi connectivity index (χ0v) is 37.7. The van der Waals surface area contributed by atoms with Crippen LogP contribution in [0.15, 0.2) is 0 Å². The SMILES string of the molecule is CC(C)C(N)C(=O)OC(CC(=O)OC(C)(C)C)C(OC(=O)C(N)C(C)C)C(=O)O.CCC(C)C(N)C(=O)OC(CC(=O)OC(C)(C)C)C(OC(=O)C(N)C(C)CC)C(=O)O. The van der Waals surface area contributed by atoms with Crippen LogP contribution in [-0.2, 0) is 66.8 Å². The van der Waals surface area contributed by atoms with Crippen molar-refractivity contribution in [2.75, 3.05) is 0 Å². The number of rotatable bonds is 22. The van der Waals surface area contributed by atoms with Crippen LogP contribution in [0.5, 0.6) is 0 Å². The lowest BCUT2D eigenvalue weighted by molar-refractivity contribution is -0.186. The molecule has 0 aromatic carbocycles. The Morgan fingerprint density at radius 2 is 0.717 bits per heavy atom. The van der Waals surface area contributed by atoms with Crippen molar-refractivity contribution >= 4 is 47.8 Å². The van der Waals surface area contributed by atoms with Gasteiger partial charge in [-0.3, -0.25) is 28.8 Å². The van der Waals surface area contributed by atoms with Crippen LogP contribution in [0.1, 0.15) is 123 Å². The zero-order valence-electron chi connectivity index (χ0n) is 37.7. The smallest absolute Gasteiger partial charge is 0.349 e. The Hall–Kier alpha value is -4.40. The molecule has 10 unspecified atom stereocenters. The molecule has 348 valence electrons. The molecule has 0 saturated carbocycles. The zero-order chi connectivity index (χ0) is 47.6. The van der Waals surface area contributed by atoms with Gasteiger partial charge in [0, 0.05) is 0 Å². The molecule has 0 spiro atoms. The summed E-state index contributed by atoms with van der Waals surface area (Å²) in [6.07, 6.45) is -7.33. The molecule has 0 aliphatic heterocycles. The Morgan fingerprint density at radius 1 is 0.467 bits per heavy atom. The fourth-order valence-corrected chi connectivity index (χ4v) is 4.47. The first kappa shape index (κ1) is 57.7. The fourth-order valence-electron chi connectivity index (χ4n) is 4.47. The van der Waals surface area contributed by atoms with Gasteiger partial charge in [0.05, 0.1) is 12.8 Å². The number of aliphatic carboxylic acids is 2. The maximum absolute atomic E-state index is 12.5. The number of hydrogen-bond acceptors (Lipinski definition) is 18. The lowest BCUT2D eigenvalue weighted by atomic mass is 10.00. The molecule has 0 aromatic rings. The first-order chi connectivity index (χ1) is 27.2. The molecule has 0 rings (SSSR count).